The molecule has 0 unspecified atom stereocenters. The Labute approximate surface area is 185 Å². The molecule has 3 aromatic carbocycles. The second-order valence-corrected chi connectivity index (χ2v) is 8.82. The molecule has 7 rings (SSSR count). The van der Waals surface area contributed by atoms with Gasteiger partial charge < -0.3 is 13.6 Å². The minimum atomic E-state index is 0.862. The normalized spacial score (nSPS) is 15.9. The zero-order chi connectivity index (χ0) is 21.1. The zero-order valence-corrected chi connectivity index (χ0v) is 18.0. The lowest BCUT2D eigenvalue weighted by Gasteiger charge is -2.26. The van der Waals surface area contributed by atoms with Crippen molar-refractivity contribution in [3.05, 3.63) is 54.6 Å². The predicted molar refractivity (Wildman–Crippen MR) is 125 cm³/mol. The fourth-order valence-electron chi connectivity index (χ4n) is 5.50. The number of hydrogen-bond donors (Lipinski definition) is 0. The Morgan fingerprint density at radius 3 is 1.94 bits per heavy atom. The van der Waals surface area contributed by atoms with Gasteiger partial charge in [-0.25, -0.2) is 0 Å². The maximum absolute atomic E-state index is 6.36. The molecular formula is C27H25N2O3+. The Bertz CT molecular complexity index is 1430. The summed E-state index contributed by atoms with van der Waals surface area (Å²) in [5, 5.41) is 2.40. The highest BCUT2D eigenvalue weighted by Crippen LogP contribution is 2.46. The molecule has 0 radical (unpaired) electrons. The molecule has 0 N–H and O–H groups in total. The van der Waals surface area contributed by atoms with Crippen molar-refractivity contribution >= 4 is 44.1 Å². The van der Waals surface area contributed by atoms with Crippen molar-refractivity contribution in [1.29, 1.82) is 0 Å². The van der Waals surface area contributed by atoms with E-state index in [1.54, 1.807) is 0 Å². The molecule has 3 aliphatic rings. The van der Waals surface area contributed by atoms with Crippen LogP contribution < -0.4 is 4.57 Å². The number of pyridine rings is 1. The van der Waals surface area contributed by atoms with E-state index in [-0.39, 0.29) is 0 Å². The number of hydrogen-bond acceptors (Lipinski definition) is 4. The molecule has 0 atom stereocenters. The number of unbranched alkanes of at least 4 members (excludes halogenated alkanes) is 1. The summed E-state index contributed by atoms with van der Waals surface area (Å²) in [4.78, 5) is 2.51. The number of rotatable bonds is 5. The maximum atomic E-state index is 6.36. The van der Waals surface area contributed by atoms with Gasteiger partial charge in [0.05, 0.1) is 29.5 Å². The first-order chi connectivity index (χ1) is 15.9. The Morgan fingerprint density at radius 2 is 1.28 bits per heavy atom. The monoisotopic (exact) mass is 425 g/mol. The van der Waals surface area contributed by atoms with Gasteiger partial charge >= 0.3 is 0 Å². The zero-order valence-electron chi connectivity index (χ0n) is 18.0. The van der Waals surface area contributed by atoms with Crippen molar-refractivity contribution < 1.29 is 18.1 Å². The van der Waals surface area contributed by atoms with Gasteiger partial charge in [-0.2, -0.15) is 4.57 Å². The van der Waals surface area contributed by atoms with Crippen LogP contribution in [-0.4, -0.2) is 37.7 Å². The van der Waals surface area contributed by atoms with Crippen LogP contribution in [0.15, 0.2) is 63.4 Å². The predicted octanol–water partition coefficient (Wildman–Crippen LogP) is 5.43. The van der Waals surface area contributed by atoms with Crippen molar-refractivity contribution in [2.45, 2.75) is 19.4 Å². The van der Waals surface area contributed by atoms with E-state index in [2.05, 4.69) is 45.9 Å². The molecule has 1 fully saturated rings. The van der Waals surface area contributed by atoms with E-state index in [4.69, 9.17) is 13.6 Å². The summed E-state index contributed by atoms with van der Waals surface area (Å²) < 4.78 is 20.7. The van der Waals surface area contributed by atoms with E-state index in [1.807, 2.05) is 18.2 Å². The molecule has 0 saturated carbocycles. The molecule has 0 amide bonds. The molecule has 32 heavy (non-hydrogen) atoms. The van der Waals surface area contributed by atoms with Gasteiger partial charge in [0.15, 0.2) is 0 Å². The van der Waals surface area contributed by atoms with Gasteiger partial charge in [0, 0.05) is 37.2 Å². The van der Waals surface area contributed by atoms with Crippen LogP contribution in [-0.2, 0) is 11.3 Å². The summed E-state index contributed by atoms with van der Waals surface area (Å²) in [7, 11) is 0. The summed E-state index contributed by atoms with van der Waals surface area (Å²) in [6.07, 6.45) is 2.31. The summed E-state index contributed by atoms with van der Waals surface area (Å²) in [6.45, 7) is 5.94. The van der Waals surface area contributed by atoms with E-state index in [9.17, 15) is 0 Å². The van der Waals surface area contributed by atoms with Gasteiger partial charge in [-0.3, -0.25) is 4.90 Å². The standard InChI is InChI=1S/C27H25N2O3/c1(12-28-14-16-30-17-15-28)2-13-29-18-6-3-8-20-24(18)27-25-19(29)7-4-9-21(25)32-23-11-5-10-22(31-20)26(23)27/h3-11H,1-2,12-17H2/q+1. The van der Waals surface area contributed by atoms with Crippen LogP contribution in [0, 0.1) is 0 Å². The molecule has 5 heteroatoms. The molecular weight excluding hydrogens is 400 g/mol. The van der Waals surface area contributed by atoms with E-state index < -0.39 is 0 Å². The first kappa shape index (κ1) is 18.4. The van der Waals surface area contributed by atoms with Crippen LogP contribution in [0.1, 0.15) is 12.8 Å². The number of aryl methyl sites for hydroxylation is 1. The van der Waals surface area contributed by atoms with Crippen LogP contribution >= 0.6 is 0 Å². The maximum Gasteiger partial charge on any atom is 0.217 e. The van der Waals surface area contributed by atoms with E-state index >= 15 is 0 Å². The van der Waals surface area contributed by atoms with E-state index in [0.29, 0.717) is 0 Å². The van der Waals surface area contributed by atoms with Crippen LogP contribution in [0.5, 0.6) is 0 Å². The highest BCUT2D eigenvalue weighted by molar-refractivity contribution is 6.22. The van der Waals surface area contributed by atoms with Gasteiger partial charge in [-0.15, -0.1) is 0 Å². The van der Waals surface area contributed by atoms with Gasteiger partial charge in [0.2, 0.25) is 11.0 Å². The molecule has 160 valence electrons. The number of ether oxygens (including phenoxy) is 1. The van der Waals surface area contributed by atoms with Gasteiger partial charge in [0.25, 0.3) is 0 Å². The summed E-state index contributed by atoms with van der Waals surface area (Å²) in [5.74, 6) is 0. The molecule has 0 aliphatic carbocycles. The van der Waals surface area contributed by atoms with E-state index in [0.717, 1.165) is 73.7 Å². The van der Waals surface area contributed by atoms with Gasteiger partial charge in [-0.1, -0.05) is 18.2 Å². The lowest BCUT2D eigenvalue weighted by atomic mass is 9.92. The van der Waals surface area contributed by atoms with Gasteiger partial charge in [-0.05, 0) is 37.2 Å². The number of morpholine rings is 1. The van der Waals surface area contributed by atoms with Crippen molar-refractivity contribution in [2.24, 2.45) is 0 Å². The fraction of sp³-hybridized carbons (Fsp3) is 0.296. The Hall–Kier alpha value is -3.15. The fourth-order valence-corrected chi connectivity index (χ4v) is 5.50. The molecule has 5 nitrogen and oxygen atoms in total. The summed E-state index contributed by atoms with van der Waals surface area (Å²) >= 11 is 0. The molecule has 4 heterocycles. The van der Waals surface area contributed by atoms with E-state index in [1.165, 1.54) is 33.8 Å². The first-order valence-electron chi connectivity index (χ1n) is 11.6. The quantitative estimate of drug-likeness (QED) is 0.160. The highest BCUT2D eigenvalue weighted by atomic mass is 16.5. The molecule has 1 saturated heterocycles. The second-order valence-electron chi connectivity index (χ2n) is 8.82. The third-order valence-electron chi connectivity index (χ3n) is 6.98. The van der Waals surface area contributed by atoms with Crippen LogP contribution in [0.4, 0.5) is 0 Å². The third-order valence-corrected chi connectivity index (χ3v) is 6.98. The lowest BCUT2D eigenvalue weighted by Crippen LogP contribution is -2.38. The number of nitrogens with zero attached hydrogens (tertiary/aromatic N) is 2. The number of aromatic nitrogens is 1. The SMILES string of the molecule is c1cc2oc3cccc4c3c3c5c(cccc5[n+]4CCCCN4CCOCC4)oc(c1)c2-3. The average Bonchev–Trinajstić information content (AvgIpc) is 2.84. The van der Waals surface area contributed by atoms with Crippen molar-refractivity contribution in [1.82, 2.24) is 4.90 Å². The van der Waals surface area contributed by atoms with Crippen molar-refractivity contribution in [3.8, 4) is 11.1 Å². The Balaban J connectivity index is 1.39. The van der Waals surface area contributed by atoms with Gasteiger partial charge in [0.1, 0.15) is 28.9 Å². The molecule has 0 spiro atoms. The highest BCUT2D eigenvalue weighted by Gasteiger charge is 2.30. The van der Waals surface area contributed by atoms with Crippen molar-refractivity contribution in [3.63, 3.8) is 0 Å². The van der Waals surface area contributed by atoms with Crippen LogP contribution in [0.2, 0.25) is 0 Å². The minimum absolute atomic E-state index is 0.862. The smallest absolute Gasteiger partial charge is 0.217 e. The summed E-state index contributed by atoms with van der Waals surface area (Å²) in [5.41, 5.74) is 8.42. The molecule has 1 aromatic heterocycles. The topological polar surface area (TPSA) is 42.6 Å². The lowest BCUT2D eigenvalue weighted by molar-refractivity contribution is -0.645. The summed E-state index contributed by atoms with van der Waals surface area (Å²) in [6, 6.07) is 18.9. The minimum Gasteiger partial charge on any atom is -0.456 e. The Morgan fingerprint density at radius 1 is 0.688 bits per heavy atom. The molecule has 3 aliphatic heterocycles. The molecule has 4 aromatic rings. The Kier molecular flexibility index (Phi) is 4.14. The third kappa shape index (κ3) is 2.68. The molecule has 0 bridgehead atoms. The largest absolute Gasteiger partial charge is 0.456 e. The van der Waals surface area contributed by atoms with Crippen LogP contribution in [0.3, 0.4) is 0 Å². The second kappa shape index (κ2) is 7.19. The first-order valence-corrected chi connectivity index (χ1v) is 11.6. The van der Waals surface area contributed by atoms with Crippen LogP contribution in [0.25, 0.3) is 55.3 Å². The van der Waals surface area contributed by atoms with Crippen molar-refractivity contribution in [2.75, 3.05) is 32.8 Å². The average molecular weight is 426 g/mol. The number of benzene rings is 3.